The van der Waals surface area contributed by atoms with E-state index >= 15 is 0 Å². The van der Waals surface area contributed by atoms with E-state index in [1.807, 2.05) is 0 Å². The van der Waals surface area contributed by atoms with Gasteiger partial charge in [0.2, 0.25) is 10.0 Å². The molecule has 0 bridgehead atoms. The van der Waals surface area contributed by atoms with E-state index in [9.17, 15) is 33.2 Å². The fraction of sp³-hybridized carbons (Fsp3) is 0.333. The molecular formula is C18H21N3O7S. The summed E-state index contributed by atoms with van der Waals surface area (Å²) in [6.07, 6.45) is 0. The van der Waals surface area contributed by atoms with Crippen LogP contribution in [0, 0.1) is 10.1 Å². The second-order valence-corrected chi connectivity index (χ2v) is 8.28. The highest BCUT2D eigenvalue weighted by Gasteiger charge is 2.37. The minimum absolute atomic E-state index is 0.0602. The molecule has 3 N–H and O–H groups in total. The number of non-ortho nitro benzene ring substituents is 1. The molecular weight excluding hydrogens is 402 g/mol. The van der Waals surface area contributed by atoms with Crippen molar-refractivity contribution in [2.45, 2.75) is 26.7 Å². The zero-order valence-corrected chi connectivity index (χ0v) is 16.9. The number of dihydropyridines is 1. The molecule has 29 heavy (non-hydrogen) atoms. The first-order valence-corrected chi connectivity index (χ1v) is 10.3. The number of carboxylic acid groups (broad SMARTS) is 1. The highest BCUT2D eigenvalue weighted by molar-refractivity contribution is 7.90. The average molecular weight is 423 g/mol. The van der Waals surface area contributed by atoms with Gasteiger partial charge in [0.15, 0.2) is 5.78 Å². The smallest absolute Gasteiger partial charge is 0.334 e. The summed E-state index contributed by atoms with van der Waals surface area (Å²) in [7, 11) is -3.92. The summed E-state index contributed by atoms with van der Waals surface area (Å²) in [6.45, 7) is 4.70. The molecule has 1 aromatic rings. The molecule has 0 aliphatic carbocycles. The number of nitrogens with one attached hydrogen (secondary N) is 2. The summed E-state index contributed by atoms with van der Waals surface area (Å²) >= 11 is 0. The Balaban J connectivity index is 2.65. The van der Waals surface area contributed by atoms with Gasteiger partial charge < -0.3 is 10.4 Å². The van der Waals surface area contributed by atoms with E-state index in [4.69, 9.17) is 0 Å². The number of nitrogens with zero attached hydrogens (tertiary/aromatic N) is 1. The average Bonchev–Trinajstić information content (AvgIpc) is 2.59. The molecule has 11 heteroatoms. The predicted octanol–water partition coefficient (Wildman–Crippen LogP) is 1.42. The van der Waals surface area contributed by atoms with Gasteiger partial charge in [-0.25, -0.2) is 17.9 Å². The first-order valence-electron chi connectivity index (χ1n) is 8.65. The zero-order chi connectivity index (χ0) is 21.9. The number of carbonyl (C=O) groups is 2. The van der Waals surface area contributed by atoms with Crippen LogP contribution in [0.2, 0.25) is 0 Å². The number of nitro groups is 1. The van der Waals surface area contributed by atoms with Crippen molar-refractivity contribution >= 4 is 27.5 Å². The molecule has 0 saturated carbocycles. The van der Waals surface area contributed by atoms with Gasteiger partial charge in [-0.2, -0.15) is 0 Å². The first-order chi connectivity index (χ1) is 13.5. The number of benzene rings is 1. The molecule has 1 aromatic carbocycles. The Morgan fingerprint density at radius 2 is 1.86 bits per heavy atom. The molecule has 1 unspecified atom stereocenters. The lowest BCUT2D eigenvalue weighted by Crippen LogP contribution is -2.36. The van der Waals surface area contributed by atoms with Gasteiger partial charge >= 0.3 is 5.97 Å². The van der Waals surface area contributed by atoms with Crippen molar-refractivity contribution < 1.29 is 28.0 Å². The monoisotopic (exact) mass is 423 g/mol. The van der Waals surface area contributed by atoms with Crippen molar-refractivity contribution in [1.29, 1.82) is 0 Å². The van der Waals surface area contributed by atoms with Crippen molar-refractivity contribution in [2.75, 3.05) is 12.3 Å². The maximum Gasteiger partial charge on any atom is 0.334 e. The molecule has 1 aliphatic rings. The Bertz CT molecular complexity index is 1040. The molecule has 1 atom stereocenters. The van der Waals surface area contributed by atoms with Gasteiger partial charge in [-0.3, -0.25) is 14.9 Å². The third-order valence-corrected chi connectivity index (χ3v) is 5.76. The molecule has 0 amide bonds. The Morgan fingerprint density at radius 3 is 2.41 bits per heavy atom. The van der Waals surface area contributed by atoms with Gasteiger partial charge in [0.25, 0.3) is 5.69 Å². The second-order valence-electron chi connectivity index (χ2n) is 6.47. The zero-order valence-electron chi connectivity index (χ0n) is 16.1. The van der Waals surface area contributed by atoms with E-state index in [0.717, 1.165) is 0 Å². The number of Topliss-reactive ketones (excluding diaryl/α,β-unsaturated/α-hetero) is 1. The lowest BCUT2D eigenvalue weighted by atomic mass is 9.79. The molecule has 156 valence electrons. The molecule has 2 rings (SSSR count). The van der Waals surface area contributed by atoms with Gasteiger partial charge in [-0.1, -0.05) is 19.1 Å². The summed E-state index contributed by atoms with van der Waals surface area (Å²) in [5.74, 6) is -4.14. The van der Waals surface area contributed by atoms with Crippen molar-refractivity contribution in [2.24, 2.45) is 0 Å². The van der Waals surface area contributed by atoms with Crippen LogP contribution in [-0.2, 0) is 19.6 Å². The number of aliphatic carboxylic acids is 1. The number of sulfonamides is 1. The number of hydrogen-bond donors (Lipinski definition) is 3. The number of hydrogen-bond acceptors (Lipinski definition) is 7. The maximum absolute atomic E-state index is 12.9. The normalized spacial score (nSPS) is 17.1. The summed E-state index contributed by atoms with van der Waals surface area (Å²) in [5, 5.41) is 23.7. The summed E-state index contributed by atoms with van der Waals surface area (Å²) in [5.41, 5.74) is 0.253. The summed E-state index contributed by atoms with van der Waals surface area (Å²) in [6, 6.07) is 5.29. The van der Waals surface area contributed by atoms with Gasteiger partial charge in [-0.15, -0.1) is 0 Å². The highest BCUT2D eigenvalue weighted by atomic mass is 32.2. The van der Waals surface area contributed by atoms with E-state index in [0.29, 0.717) is 5.70 Å². The lowest BCUT2D eigenvalue weighted by molar-refractivity contribution is -0.384. The van der Waals surface area contributed by atoms with Crippen LogP contribution in [0.25, 0.3) is 0 Å². The number of ketones is 1. The fourth-order valence-corrected chi connectivity index (χ4v) is 4.36. The number of rotatable bonds is 8. The van der Waals surface area contributed by atoms with Gasteiger partial charge in [0.05, 0.1) is 10.5 Å². The van der Waals surface area contributed by atoms with E-state index < -0.39 is 38.4 Å². The van der Waals surface area contributed by atoms with E-state index in [1.54, 1.807) is 6.92 Å². The van der Waals surface area contributed by atoms with Gasteiger partial charge in [-0.05, 0) is 19.4 Å². The van der Waals surface area contributed by atoms with E-state index in [-0.39, 0.29) is 34.6 Å². The summed E-state index contributed by atoms with van der Waals surface area (Å²) < 4.78 is 26.3. The number of nitro benzene ring substituents is 1. The molecule has 0 aromatic heterocycles. The minimum Gasteiger partial charge on any atom is -0.478 e. The minimum atomic E-state index is -3.92. The van der Waals surface area contributed by atoms with Crippen molar-refractivity contribution in [3.63, 3.8) is 0 Å². The topological polar surface area (TPSA) is 156 Å². The number of carbonyl (C=O) groups excluding carboxylic acids is 1. The predicted molar refractivity (Wildman–Crippen MR) is 104 cm³/mol. The molecule has 1 aliphatic heterocycles. The van der Waals surface area contributed by atoms with Crippen molar-refractivity contribution in [1.82, 2.24) is 10.0 Å². The SMILES string of the molecule is CCNS(=O)(=O)CC(=O)C1=C(C)NC(C)=C(C(=O)O)C1c1cccc([N+](=O)[O-])c1. The number of allylic oxidation sites excluding steroid dienone is 3. The Morgan fingerprint density at radius 1 is 1.24 bits per heavy atom. The van der Waals surface area contributed by atoms with E-state index in [1.165, 1.54) is 38.1 Å². The molecule has 1 heterocycles. The van der Waals surface area contributed by atoms with Crippen LogP contribution in [0.3, 0.4) is 0 Å². The summed E-state index contributed by atoms with van der Waals surface area (Å²) in [4.78, 5) is 35.4. The third-order valence-electron chi connectivity index (χ3n) is 4.39. The molecule has 10 nitrogen and oxygen atoms in total. The third kappa shape index (κ3) is 4.87. The van der Waals surface area contributed by atoms with Crippen LogP contribution < -0.4 is 10.0 Å². The maximum atomic E-state index is 12.9. The molecule has 0 radical (unpaired) electrons. The molecule has 0 spiro atoms. The standard InChI is InChI=1S/C18H21N3O7S/c1-4-19-29(27,28)9-14(22)15-10(2)20-11(3)16(18(23)24)17(15)12-6-5-7-13(8-12)21(25)26/h5-8,17,19-20H,4,9H2,1-3H3,(H,23,24). The van der Waals surface area contributed by atoms with Crippen LogP contribution >= 0.6 is 0 Å². The molecule has 0 saturated heterocycles. The van der Waals surface area contributed by atoms with Crippen molar-refractivity contribution in [3.8, 4) is 0 Å². The van der Waals surface area contributed by atoms with Crippen LogP contribution in [0.1, 0.15) is 32.3 Å². The van der Waals surface area contributed by atoms with Crippen LogP contribution in [0.4, 0.5) is 5.69 Å². The Hall–Kier alpha value is -3.05. The second kappa shape index (κ2) is 8.53. The first kappa shape index (κ1) is 22.2. The largest absolute Gasteiger partial charge is 0.478 e. The quantitative estimate of drug-likeness (QED) is 0.419. The van der Waals surface area contributed by atoms with Crippen LogP contribution in [0.15, 0.2) is 46.8 Å². The fourth-order valence-electron chi connectivity index (χ4n) is 3.32. The molecule has 0 fully saturated rings. The Labute approximate surface area is 167 Å². The lowest BCUT2D eigenvalue weighted by Gasteiger charge is -2.30. The van der Waals surface area contributed by atoms with Crippen molar-refractivity contribution in [3.05, 3.63) is 62.5 Å². The van der Waals surface area contributed by atoms with Crippen LogP contribution in [0.5, 0.6) is 0 Å². The highest BCUT2D eigenvalue weighted by Crippen LogP contribution is 2.39. The van der Waals surface area contributed by atoms with Gasteiger partial charge in [0.1, 0.15) is 5.75 Å². The number of carboxylic acids is 1. The van der Waals surface area contributed by atoms with E-state index in [2.05, 4.69) is 10.0 Å². The Kier molecular flexibility index (Phi) is 6.55. The van der Waals surface area contributed by atoms with Crippen LogP contribution in [-0.4, -0.2) is 42.5 Å². The van der Waals surface area contributed by atoms with Gasteiger partial charge in [0, 0.05) is 41.6 Å².